The second-order valence-corrected chi connectivity index (χ2v) is 9.21. The summed E-state index contributed by atoms with van der Waals surface area (Å²) >= 11 is 0. The van der Waals surface area contributed by atoms with E-state index in [0.717, 1.165) is 63.0 Å². The molecule has 0 aromatic heterocycles. The minimum atomic E-state index is -1.69. The Morgan fingerprint density at radius 2 is 1.42 bits per heavy atom. The lowest BCUT2D eigenvalue weighted by Crippen LogP contribution is -2.22. The quantitative estimate of drug-likeness (QED) is 0.166. The molecule has 1 aliphatic heterocycles. The summed E-state index contributed by atoms with van der Waals surface area (Å²) in [6.45, 7) is 4.37. The van der Waals surface area contributed by atoms with Gasteiger partial charge in [-0.2, -0.15) is 0 Å². The topological polar surface area (TPSA) is 18.5 Å². The van der Waals surface area contributed by atoms with Gasteiger partial charge in [0.25, 0.3) is 0 Å². The Balaban J connectivity index is 1.41. The molecule has 4 rings (SSSR count). The lowest BCUT2D eigenvalue weighted by Gasteiger charge is -2.29. The first-order valence-electron chi connectivity index (χ1n) is 12.3. The highest BCUT2D eigenvalue weighted by Gasteiger charge is 2.23. The summed E-state index contributed by atoms with van der Waals surface area (Å²) in [5.74, 6) is -6.24. The van der Waals surface area contributed by atoms with Gasteiger partial charge in [-0.25, -0.2) is 22.0 Å². The second-order valence-electron chi connectivity index (χ2n) is 9.21. The highest BCUT2D eigenvalue weighted by Crippen LogP contribution is 2.35. The summed E-state index contributed by atoms with van der Waals surface area (Å²) in [6, 6.07) is 10.6. The summed E-state index contributed by atoms with van der Waals surface area (Å²) in [5, 5.41) is 0. The van der Waals surface area contributed by atoms with Crippen molar-refractivity contribution in [2.75, 3.05) is 19.8 Å². The van der Waals surface area contributed by atoms with E-state index in [1.54, 1.807) is 12.1 Å². The molecule has 0 N–H and O–H groups in total. The van der Waals surface area contributed by atoms with Crippen LogP contribution in [0.15, 0.2) is 48.5 Å². The van der Waals surface area contributed by atoms with Crippen molar-refractivity contribution in [3.63, 3.8) is 0 Å². The van der Waals surface area contributed by atoms with Crippen molar-refractivity contribution < 1.29 is 31.4 Å². The van der Waals surface area contributed by atoms with Crippen molar-refractivity contribution in [2.45, 2.75) is 45.1 Å². The van der Waals surface area contributed by atoms with Crippen molar-refractivity contribution in [1.29, 1.82) is 0 Å². The summed E-state index contributed by atoms with van der Waals surface area (Å²) in [6.07, 6.45) is 5.10. The standard InChI is InChI=1S/C29H29F5O2/c1-2-3-11-35-12-10-18-4-9-27(36-17-18)20-7-5-19(6-8-20)21-13-23(30)28(24(31)14-21)22-15-25(32)29(34)26(33)16-22/h5-8,13-16,18,27H,2-4,9-12,17H2,1H3. The Morgan fingerprint density at radius 3 is 2.00 bits per heavy atom. The van der Waals surface area contributed by atoms with Crippen molar-refractivity contribution in [2.24, 2.45) is 5.92 Å². The van der Waals surface area contributed by atoms with Gasteiger partial charge >= 0.3 is 0 Å². The molecule has 192 valence electrons. The van der Waals surface area contributed by atoms with E-state index in [1.807, 2.05) is 12.1 Å². The lowest BCUT2D eigenvalue weighted by atomic mass is 9.92. The van der Waals surface area contributed by atoms with Gasteiger partial charge in [-0.1, -0.05) is 37.6 Å². The van der Waals surface area contributed by atoms with Crippen LogP contribution in [0, 0.1) is 35.0 Å². The number of ether oxygens (including phenoxy) is 2. The van der Waals surface area contributed by atoms with E-state index in [9.17, 15) is 22.0 Å². The van der Waals surface area contributed by atoms with Gasteiger partial charge < -0.3 is 9.47 Å². The fraction of sp³-hybridized carbons (Fsp3) is 0.379. The molecule has 1 saturated heterocycles. The normalized spacial score (nSPS) is 17.9. The van der Waals surface area contributed by atoms with E-state index in [2.05, 4.69) is 6.92 Å². The first kappa shape index (κ1) is 26.3. The minimum Gasteiger partial charge on any atom is -0.381 e. The Hall–Kier alpha value is -2.77. The number of hydrogen-bond donors (Lipinski definition) is 0. The van der Waals surface area contributed by atoms with Gasteiger partial charge in [-0.3, -0.25) is 0 Å². The molecule has 36 heavy (non-hydrogen) atoms. The second kappa shape index (κ2) is 12.0. The zero-order chi connectivity index (χ0) is 25.7. The molecule has 0 radical (unpaired) electrons. The Kier molecular flexibility index (Phi) is 8.75. The van der Waals surface area contributed by atoms with Crippen LogP contribution in [0.4, 0.5) is 22.0 Å². The fourth-order valence-electron chi connectivity index (χ4n) is 4.50. The molecule has 0 bridgehead atoms. The van der Waals surface area contributed by atoms with E-state index in [-0.39, 0.29) is 11.7 Å². The maximum absolute atomic E-state index is 14.8. The van der Waals surface area contributed by atoms with Crippen LogP contribution in [-0.2, 0) is 9.47 Å². The van der Waals surface area contributed by atoms with Gasteiger partial charge in [0.1, 0.15) is 11.6 Å². The molecule has 3 aromatic carbocycles. The summed E-state index contributed by atoms with van der Waals surface area (Å²) in [5.41, 5.74) is 0.817. The van der Waals surface area contributed by atoms with E-state index < -0.39 is 40.2 Å². The van der Waals surface area contributed by atoms with Crippen molar-refractivity contribution in [3.8, 4) is 22.3 Å². The number of hydrogen-bond acceptors (Lipinski definition) is 2. The fourth-order valence-corrected chi connectivity index (χ4v) is 4.50. The van der Waals surface area contributed by atoms with Crippen molar-refractivity contribution in [1.82, 2.24) is 0 Å². The molecular weight excluding hydrogens is 475 g/mol. The van der Waals surface area contributed by atoms with Crippen molar-refractivity contribution >= 4 is 0 Å². The summed E-state index contributed by atoms with van der Waals surface area (Å²) < 4.78 is 81.7. The van der Waals surface area contributed by atoms with Crippen LogP contribution in [0.3, 0.4) is 0 Å². The number of rotatable bonds is 9. The SMILES string of the molecule is CCCCOCCC1CCC(c2ccc(-c3cc(F)c(-c4cc(F)c(F)c(F)c4)c(F)c3)cc2)OC1. The zero-order valence-corrected chi connectivity index (χ0v) is 20.1. The predicted molar refractivity (Wildman–Crippen MR) is 129 cm³/mol. The highest BCUT2D eigenvalue weighted by molar-refractivity contribution is 5.72. The van der Waals surface area contributed by atoms with Crippen LogP contribution < -0.4 is 0 Å². The third kappa shape index (κ3) is 6.13. The number of benzene rings is 3. The summed E-state index contributed by atoms with van der Waals surface area (Å²) in [4.78, 5) is 0. The molecule has 0 spiro atoms. The predicted octanol–water partition coefficient (Wildman–Crippen LogP) is 8.39. The van der Waals surface area contributed by atoms with Crippen molar-refractivity contribution in [3.05, 3.63) is 83.2 Å². The van der Waals surface area contributed by atoms with Gasteiger partial charge in [0, 0.05) is 13.2 Å². The molecule has 1 fully saturated rings. The first-order valence-corrected chi connectivity index (χ1v) is 12.3. The molecule has 2 nitrogen and oxygen atoms in total. The minimum absolute atomic E-state index is 0.0320. The molecule has 3 aromatic rings. The maximum Gasteiger partial charge on any atom is 0.194 e. The zero-order valence-electron chi connectivity index (χ0n) is 20.1. The lowest BCUT2D eigenvalue weighted by molar-refractivity contribution is -0.0265. The smallest absolute Gasteiger partial charge is 0.194 e. The molecule has 0 amide bonds. The Labute approximate surface area is 208 Å². The third-order valence-electron chi connectivity index (χ3n) is 6.61. The van der Waals surface area contributed by atoms with Crippen LogP contribution in [0.2, 0.25) is 0 Å². The molecule has 1 aliphatic rings. The van der Waals surface area contributed by atoms with Gasteiger partial charge in [0.05, 0.1) is 18.3 Å². The van der Waals surface area contributed by atoms with Gasteiger partial charge in [-0.15, -0.1) is 0 Å². The molecule has 0 saturated carbocycles. The van der Waals surface area contributed by atoms with E-state index in [4.69, 9.17) is 9.47 Å². The molecule has 2 atom stereocenters. The monoisotopic (exact) mass is 504 g/mol. The van der Waals surface area contributed by atoms with E-state index in [0.29, 0.717) is 30.2 Å². The highest BCUT2D eigenvalue weighted by atomic mass is 19.2. The average molecular weight is 505 g/mol. The summed E-state index contributed by atoms with van der Waals surface area (Å²) in [7, 11) is 0. The van der Waals surface area contributed by atoms with E-state index >= 15 is 0 Å². The molecule has 2 unspecified atom stereocenters. The largest absolute Gasteiger partial charge is 0.381 e. The van der Waals surface area contributed by atoms with Gasteiger partial charge in [0.15, 0.2) is 17.5 Å². The van der Waals surface area contributed by atoms with Crippen LogP contribution in [0.5, 0.6) is 0 Å². The third-order valence-corrected chi connectivity index (χ3v) is 6.61. The van der Waals surface area contributed by atoms with Crippen LogP contribution in [-0.4, -0.2) is 19.8 Å². The van der Waals surface area contributed by atoms with Crippen LogP contribution >= 0.6 is 0 Å². The number of unbranched alkanes of at least 4 members (excludes halogenated alkanes) is 1. The van der Waals surface area contributed by atoms with E-state index in [1.165, 1.54) is 0 Å². The molecule has 0 aliphatic carbocycles. The Morgan fingerprint density at radius 1 is 0.778 bits per heavy atom. The first-order chi connectivity index (χ1) is 17.4. The maximum atomic E-state index is 14.8. The Bertz CT molecular complexity index is 1120. The van der Waals surface area contributed by atoms with Gasteiger partial charge in [0.2, 0.25) is 0 Å². The van der Waals surface area contributed by atoms with Gasteiger partial charge in [-0.05, 0) is 78.1 Å². The number of halogens is 5. The van der Waals surface area contributed by atoms with Crippen LogP contribution in [0.1, 0.15) is 50.7 Å². The molecule has 7 heteroatoms. The average Bonchev–Trinajstić information content (AvgIpc) is 2.87. The molecular formula is C29H29F5O2. The molecule has 1 heterocycles. The van der Waals surface area contributed by atoms with Crippen LogP contribution in [0.25, 0.3) is 22.3 Å².